The third kappa shape index (κ3) is 8.26. The predicted octanol–water partition coefficient (Wildman–Crippen LogP) is 15.2. The summed E-state index contributed by atoms with van der Waals surface area (Å²) in [5.41, 5.74) is 4.11. The average Bonchev–Trinajstić information content (AvgIpc) is 2.34. The van der Waals surface area contributed by atoms with Gasteiger partial charge in [-0.3, -0.25) is 4.57 Å². The molecule has 0 aliphatic carbocycles. The van der Waals surface area contributed by atoms with Gasteiger partial charge in [-0.15, -0.1) is 29.7 Å². The average molecular weight is 1080 g/mol. The second-order valence-electron chi connectivity index (χ2n) is 18.3. The van der Waals surface area contributed by atoms with Gasteiger partial charge in [-0.25, -0.2) is 4.98 Å². The number of fused-ring (bicyclic) bond motifs is 4. The van der Waals surface area contributed by atoms with E-state index in [4.69, 9.17) is 28.9 Å². The van der Waals surface area contributed by atoms with Crippen LogP contribution in [0.4, 0.5) is 0 Å². The summed E-state index contributed by atoms with van der Waals surface area (Å²) in [5.74, 6) is 1.21. The Morgan fingerprint density at radius 2 is 1.22 bits per heavy atom. The minimum atomic E-state index is -0.625. The van der Waals surface area contributed by atoms with Crippen LogP contribution in [0.25, 0.3) is 83.4 Å². The van der Waals surface area contributed by atoms with Crippen LogP contribution < -0.4 is 9.30 Å². The van der Waals surface area contributed by atoms with Crippen LogP contribution >= 0.6 is 0 Å². The molecule has 3 heterocycles. The molecule has 11 aromatic rings. The molecule has 0 saturated carbocycles. The zero-order valence-corrected chi connectivity index (χ0v) is 40.2. The predicted molar refractivity (Wildman–Crippen MR) is 274 cm³/mol. The molecule has 0 bridgehead atoms. The maximum absolute atomic E-state index is 9.12. The molecule has 11 rings (SSSR count). The van der Waals surface area contributed by atoms with Crippen LogP contribution in [0.2, 0.25) is 0 Å². The molecule has 0 fully saturated rings. The Hall–Kier alpha value is -7.33. The molecule has 336 valence electrons. The molecule has 3 aromatic heterocycles. The molecule has 0 atom stereocenters. The Balaban J connectivity index is 0.00000753. The third-order valence-electron chi connectivity index (χ3n) is 11.7. The van der Waals surface area contributed by atoms with Crippen molar-refractivity contribution in [3.63, 3.8) is 0 Å². The molecule has 0 radical (unpaired) electrons. The monoisotopic (exact) mass is 1080 g/mol. The van der Waals surface area contributed by atoms with Gasteiger partial charge in [0, 0.05) is 44.3 Å². The smallest absolute Gasteiger partial charge is 0.268 e. The van der Waals surface area contributed by atoms with E-state index < -0.39 is 65.8 Å². The summed E-state index contributed by atoms with van der Waals surface area (Å²) in [6, 6.07) is 31.3. The zero-order chi connectivity index (χ0) is 58.0. The van der Waals surface area contributed by atoms with E-state index in [2.05, 4.69) is 39.2 Å². The standard InChI is InChI=1S/C62H50N4O.Pt/c1-61(2,3)46-30-27-42(28-31-46)45-29-34-55-54(37-45)53-33-32-50(40-58(53)66(55)59-38-47(35-36-63-59)62(4,5)6)67-49-22-15-21-48(39-49)64-41-65(57-26-14-13-25-56(57)64)60-51(43-17-9-7-10-18-43)23-16-24-52(60)44-19-11-8-12-20-44;/h7-38H,1-6H3;/q-2;/i7D,8D,9D,10D,11D,12D,17D,18D,19D,20D,27D,28D,30D,31D;. The van der Waals surface area contributed by atoms with Crippen LogP contribution in [0.5, 0.6) is 11.5 Å². The molecule has 0 unspecified atom stereocenters. The van der Waals surface area contributed by atoms with Crippen LogP contribution in [0, 0.1) is 18.5 Å². The van der Waals surface area contributed by atoms with Gasteiger partial charge in [0.1, 0.15) is 5.82 Å². The number of imidazole rings is 1. The van der Waals surface area contributed by atoms with Crippen molar-refractivity contribution in [1.82, 2.24) is 14.1 Å². The zero-order valence-electron chi connectivity index (χ0n) is 51.9. The van der Waals surface area contributed by atoms with Gasteiger partial charge in [0.05, 0.1) is 35.9 Å². The summed E-state index contributed by atoms with van der Waals surface area (Å²) in [4.78, 5) is 4.84. The van der Waals surface area contributed by atoms with E-state index in [1.165, 1.54) is 0 Å². The fourth-order valence-electron chi connectivity index (χ4n) is 8.32. The van der Waals surface area contributed by atoms with Crippen molar-refractivity contribution in [1.29, 1.82) is 0 Å². The van der Waals surface area contributed by atoms with Gasteiger partial charge in [0.15, 0.2) is 0 Å². The maximum Gasteiger partial charge on any atom is 0.268 e. The molecule has 0 N–H and O–H groups in total. The van der Waals surface area contributed by atoms with E-state index in [0.717, 1.165) is 21.9 Å². The van der Waals surface area contributed by atoms with E-state index in [9.17, 15) is 0 Å². The molecule has 6 heteroatoms. The van der Waals surface area contributed by atoms with Crippen LogP contribution in [0.1, 0.15) is 71.9 Å². The van der Waals surface area contributed by atoms with E-state index in [1.807, 2.05) is 67.8 Å². The Morgan fingerprint density at radius 1 is 0.559 bits per heavy atom. The first-order valence-corrected chi connectivity index (χ1v) is 21.8. The van der Waals surface area contributed by atoms with Crippen molar-refractivity contribution >= 4 is 32.8 Å². The van der Waals surface area contributed by atoms with Gasteiger partial charge in [-0.2, -0.15) is 18.2 Å². The van der Waals surface area contributed by atoms with Gasteiger partial charge in [0.2, 0.25) is 0 Å². The van der Waals surface area contributed by atoms with Crippen molar-refractivity contribution in [2.24, 2.45) is 0 Å². The van der Waals surface area contributed by atoms with Gasteiger partial charge in [-0.05, 0) is 84.6 Å². The van der Waals surface area contributed by atoms with E-state index in [0.29, 0.717) is 44.9 Å². The maximum atomic E-state index is 9.12. The molecular formula is C62H50N4OPt-2. The summed E-state index contributed by atoms with van der Waals surface area (Å²) in [6.45, 7) is 12.0. The number of hydrogen-bond donors (Lipinski definition) is 0. The van der Waals surface area contributed by atoms with E-state index >= 15 is 0 Å². The van der Waals surface area contributed by atoms with E-state index in [-0.39, 0.29) is 89.9 Å². The Morgan fingerprint density at radius 3 is 1.91 bits per heavy atom. The number of rotatable bonds is 8. The SMILES string of the molecule is [2H]c1c([2H])c([2H])c(-c2cccc(-c3c([2H])c([2H])c([2H])c([2H])c3[2H])c2-[n+]2[c-]n(-c3[c-]c(Oc4[c-]c5c(cc4)c4cc(-c6c([2H])c([2H])c(C(C)(C)C)c([2H])c6[2H])ccc4n5-c4cc(C(C)(C)C)ccn4)ccc3)c3ccccc32)c([2H])c1[2H].[Pt]. The molecule has 68 heavy (non-hydrogen) atoms. The van der Waals surface area contributed by atoms with Crippen LogP contribution in [-0.2, 0) is 31.9 Å². The van der Waals surface area contributed by atoms with Crippen molar-refractivity contribution < 1.29 is 49.6 Å². The second kappa shape index (κ2) is 17.7. The second-order valence-corrected chi connectivity index (χ2v) is 18.3. The topological polar surface area (TPSA) is 35.9 Å². The Kier molecular flexibility index (Phi) is 8.04. The molecule has 0 amide bonds. The Bertz CT molecular complexity index is 4310. The fourth-order valence-corrected chi connectivity index (χ4v) is 8.32. The quantitative estimate of drug-likeness (QED) is 0.112. The van der Waals surface area contributed by atoms with Crippen molar-refractivity contribution in [2.45, 2.75) is 52.4 Å². The summed E-state index contributed by atoms with van der Waals surface area (Å²) in [6.07, 6.45) is 5.15. The summed E-state index contributed by atoms with van der Waals surface area (Å²) < 4.78 is 135. The van der Waals surface area contributed by atoms with Gasteiger partial charge in [-0.1, -0.05) is 186 Å². The van der Waals surface area contributed by atoms with E-state index in [1.54, 1.807) is 76.0 Å². The molecule has 0 spiro atoms. The molecule has 8 aromatic carbocycles. The third-order valence-corrected chi connectivity index (χ3v) is 11.7. The number of nitrogens with zero attached hydrogens (tertiary/aromatic N) is 4. The number of para-hydroxylation sites is 3. The first-order chi connectivity index (χ1) is 38.3. The number of aromatic nitrogens is 4. The van der Waals surface area contributed by atoms with Crippen LogP contribution in [-0.4, -0.2) is 14.1 Å². The first-order valence-electron chi connectivity index (χ1n) is 28.8. The molecule has 0 aliphatic heterocycles. The van der Waals surface area contributed by atoms with Crippen molar-refractivity contribution in [3.05, 3.63) is 224 Å². The first kappa shape index (κ1) is 30.9. The fraction of sp³-hybridized carbons (Fsp3) is 0.129. The summed E-state index contributed by atoms with van der Waals surface area (Å²) in [5, 5.41) is 1.51. The number of hydrogen-bond acceptors (Lipinski definition) is 2. The number of pyridine rings is 1. The molecular weight excluding hydrogens is 1010 g/mol. The number of ether oxygens (including phenoxy) is 1. The largest absolute Gasteiger partial charge is 0.510 e. The van der Waals surface area contributed by atoms with Gasteiger partial charge in [0.25, 0.3) is 6.33 Å². The van der Waals surface area contributed by atoms with Crippen molar-refractivity contribution in [3.8, 4) is 62.1 Å². The number of benzene rings is 8. The Labute approximate surface area is 432 Å². The summed E-state index contributed by atoms with van der Waals surface area (Å²) in [7, 11) is 0. The molecule has 5 nitrogen and oxygen atoms in total. The normalized spacial score (nSPS) is 14.7. The van der Waals surface area contributed by atoms with Crippen molar-refractivity contribution in [2.75, 3.05) is 0 Å². The minimum absolute atomic E-state index is 0. The van der Waals surface area contributed by atoms with Crippen LogP contribution in [0.15, 0.2) is 194 Å². The summed E-state index contributed by atoms with van der Waals surface area (Å²) >= 11 is 0. The molecule has 0 aliphatic rings. The van der Waals surface area contributed by atoms with Crippen LogP contribution in [0.3, 0.4) is 0 Å². The molecule has 0 saturated heterocycles. The van der Waals surface area contributed by atoms with Gasteiger partial charge < -0.3 is 13.9 Å². The minimum Gasteiger partial charge on any atom is -0.510 e. The van der Waals surface area contributed by atoms with Gasteiger partial charge >= 0.3 is 0 Å².